The Morgan fingerprint density at radius 2 is 1.90 bits per heavy atom. The second kappa shape index (κ2) is 5.02. The van der Waals surface area contributed by atoms with Crippen LogP contribution in [0.15, 0.2) is 12.1 Å². The average molecular weight is 273 g/mol. The summed E-state index contributed by atoms with van der Waals surface area (Å²) in [5.74, 6) is -0.308. The van der Waals surface area contributed by atoms with Crippen molar-refractivity contribution in [1.82, 2.24) is 0 Å². The van der Waals surface area contributed by atoms with Crippen molar-refractivity contribution in [2.24, 2.45) is 5.92 Å². The first kappa shape index (κ1) is 13.3. The van der Waals surface area contributed by atoms with Gasteiger partial charge in [0, 0.05) is 19.8 Å². The number of nitrogens with zero attached hydrogens (tertiary/aromatic N) is 1. The molecule has 0 bridgehead atoms. The number of anilines is 1. The first-order chi connectivity index (χ1) is 9.58. The zero-order chi connectivity index (χ0) is 14.3. The number of rotatable bonds is 2. The van der Waals surface area contributed by atoms with Crippen molar-refractivity contribution in [3.05, 3.63) is 28.8 Å². The fourth-order valence-electron chi connectivity index (χ4n) is 3.16. The van der Waals surface area contributed by atoms with E-state index in [2.05, 4.69) is 0 Å². The molecule has 1 aromatic rings. The molecule has 1 fully saturated rings. The minimum Gasteiger partial charge on any atom is -0.381 e. The normalized spacial score (nSPS) is 19.6. The maximum atomic E-state index is 12.2. The number of ketones is 1. The number of ether oxygens (including phenoxy) is 1. The topological polar surface area (TPSA) is 46.6 Å². The molecular formula is C16H19NO3. The Labute approximate surface area is 118 Å². The highest BCUT2D eigenvalue weighted by atomic mass is 16.5. The van der Waals surface area contributed by atoms with Crippen LogP contribution >= 0.6 is 0 Å². The van der Waals surface area contributed by atoms with E-state index in [1.165, 1.54) is 0 Å². The van der Waals surface area contributed by atoms with Crippen LogP contribution in [0.5, 0.6) is 0 Å². The molecule has 0 atom stereocenters. The molecule has 0 radical (unpaired) electrons. The predicted octanol–water partition coefficient (Wildman–Crippen LogP) is 2.26. The Bertz CT molecular complexity index is 573. The molecule has 1 amide bonds. The van der Waals surface area contributed by atoms with Crippen LogP contribution in [0.25, 0.3) is 0 Å². The number of aryl methyl sites for hydroxylation is 2. The molecule has 0 saturated carbocycles. The molecular weight excluding hydrogens is 254 g/mol. The van der Waals surface area contributed by atoms with E-state index >= 15 is 0 Å². The first-order valence-electron chi connectivity index (χ1n) is 7.13. The van der Waals surface area contributed by atoms with Gasteiger partial charge in [0.25, 0.3) is 11.7 Å². The third-order valence-electron chi connectivity index (χ3n) is 4.20. The maximum absolute atomic E-state index is 12.2. The summed E-state index contributed by atoms with van der Waals surface area (Å²) in [5, 5.41) is 0. The first-order valence-corrected chi connectivity index (χ1v) is 7.13. The Morgan fingerprint density at radius 3 is 2.60 bits per heavy atom. The van der Waals surface area contributed by atoms with Crippen LogP contribution in [0.3, 0.4) is 0 Å². The number of benzene rings is 1. The third kappa shape index (κ3) is 2.14. The lowest BCUT2D eigenvalue weighted by atomic mass is 9.99. The summed E-state index contributed by atoms with van der Waals surface area (Å²) in [6.07, 6.45) is 1.91. The van der Waals surface area contributed by atoms with Crippen molar-refractivity contribution in [3.8, 4) is 0 Å². The van der Waals surface area contributed by atoms with Gasteiger partial charge in [0.2, 0.25) is 0 Å². The van der Waals surface area contributed by atoms with Gasteiger partial charge in [-0.2, -0.15) is 0 Å². The summed E-state index contributed by atoms with van der Waals surface area (Å²) in [4.78, 5) is 26.1. The molecule has 0 unspecified atom stereocenters. The lowest BCUT2D eigenvalue weighted by Crippen LogP contribution is -2.36. The zero-order valence-corrected chi connectivity index (χ0v) is 11.9. The lowest BCUT2D eigenvalue weighted by molar-refractivity contribution is -0.114. The van der Waals surface area contributed by atoms with E-state index in [1.54, 1.807) is 4.90 Å². The van der Waals surface area contributed by atoms with Gasteiger partial charge >= 0.3 is 0 Å². The fourth-order valence-corrected chi connectivity index (χ4v) is 3.16. The van der Waals surface area contributed by atoms with Gasteiger partial charge in [0.15, 0.2) is 0 Å². The molecule has 3 rings (SSSR count). The Balaban J connectivity index is 1.93. The number of carbonyl (C=O) groups is 2. The largest absolute Gasteiger partial charge is 0.381 e. The minimum absolute atomic E-state index is 0.357. The number of amides is 1. The average Bonchev–Trinajstić information content (AvgIpc) is 2.65. The van der Waals surface area contributed by atoms with Crippen LogP contribution in [0.2, 0.25) is 0 Å². The Morgan fingerprint density at radius 1 is 1.20 bits per heavy atom. The second-order valence-corrected chi connectivity index (χ2v) is 5.78. The van der Waals surface area contributed by atoms with Gasteiger partial charge < -0.3 is 9.64 Å². The van der Waals surface area contributed by atoms with Gasteiger partial charge in [0.05, 0.1) is 11.3 Å². The summed E-state index contributed by atoms with van der Waals surface area (Å²) < 4.78 is 5.35. The molecule has 0 spiro atoms. The van der Waals surface area contributed by atoms with Crippen molar-refractivity contribution < 1.29 is 14.3 Å². The molecule has 2 aliphatic heterocycles. The fraction of sp³-hybridized carbons (Fsp3) is 0.500. The third-order valence-corrected chi connectivity index (χ3v) is 4.20. The van der Waals surface area contributed by atoms with Gasteiger partial charge in [-0.05, 0) is 49.8 Å². The van der Waals surface area contributed by atoms with Gasteiger partial charge in [0.1, 0.15) is 0 Å². The molecule has 2 heterocycles. The minimum atomic E-state index is -0.375. The number of hydrogen-bond acceptors (Lipinski definition) is 3. The molecule has 1 aromatic carbocycles. The zero-order valence-electron chi connectivity index (χ0n) is 11.9. The molecule has 4 nitrogen and oxygen atoms in total. The monoisotopic (exact) mass is 273 g/mol. The maximum Gasteiger partial charge on any atom is 0.299 e. The predicted molar refractivity (Wildman–Crippen MR) is 76.1 cm³/mol. The van der Waals surface area contributed by atoms with Crippen molar-refractivity contribution in [2.75, 3.05) is 24.7 Å². The van der Waals surface area contributed by atoms with Crippen molar-refractivity contribution in [3.63, 3.8) is 0 Å². The Hall–Kier alpha value is -1.68. The lowest BCUT2D eigenvalue weighted by Gasteiger charge is -2.27. The smallest absolute Gasteiger partial charge is 0.299 e. The summed E-state index contributed by atoms with van der Waals surface area (Å²) in [5.41, 5.74) is 3.37. The SMILES string of the molecule is Cc1cc(C)c2c(c1)N(CC1CCOCC1)C(=O)C2=O. The molecule has 4 heteroatoms. The molecule has 0 N–H and O–H groups in total. The van der Waals surface area contributed by atoms with E-state index in [9.17, 15) is 9.59 Å². The number of fused-ring (bicyclic) bond motifs is 1. The number of Topliss-reactive ketones (excluding diaryl/α,β-unsaturated/α-hetero) is 1. The molecule has 106 valence electrons. The second-order valence-electron chi connectivity index (χ2n) is 5.78. The van der Waals surface area contributed by atoms with E-state index in [-0.39, 0.29) is 11.7 Å². The van der Waals surface area contributed by atoms with Crippen molar-refractivity contribution in [2.45, 2.75) is 26.7 Å². The van der Waals surface area contributed by atoms with Crippen LogP contribution in [0.1, 0.15) is 34.3 Å². The highest BCUT2D eigenvalue weighted by Gasteiger charge is 2.38. The van der Waals surface area contributed by atoms with Crippen LogP contribution < -0.4 is 4.90 Å². The summed E-state index contributed by atoms with van der Waals surface area (Å²) >= 11 is 0. The van der Waals surface area contributed by atoms with E-state index in [0.29, 0.717) is 18.0 Å². The van der Waals surface area contributed by atoms with E-state index in [0.717, 1.165) is 42.9 Å². The number of carbonyl (C=O) groups excluding carboxylic acids is 2. The molecule has 0 aromatic heterocycles. The van der Waals surface area contributed by atoms with Crippen LogP contribution in [-0.4, -0.2) is 31.4 Å². The molecule has 20 heavy (non-hydrogen) atoms. The van der Waals surface area contributed by atoms with E-state index in [4.69, 9.17) is 4.74 Å². The molecule has 1 saturated heterocycles. The number of hydrogen-bond donors (Lipinski definition) is 0. The quantitative estimate of drug-likeness (QED) is 0.776. The molecule has 0 aliphatic carbocycles. The van der Waals surface area contributed by atoms with Gasteiger partial charge in [-0.25, -0.2) is 0 Å². The van der Waals surface area contributed by atoms with E-state index < -0.39 is 0 Å². The van der Waals surface area contributed by atoms with Crippen LogP contribution in [-0.2, 0) is 9.53 Å². The highest BCUT2D eigenvalue weighted by molar-refractivity contribution is 6.52. The van der Waals surface area contributed by atoms with Crippen molar-refractivity contribution >= 4 is 17.4 Å². The summed E-state index contributed by atoms with van der Waals surface area (Å²) in [7, 11) is 0. The van der Waals surface area contributed by atoms with Crippen LogP contribution in [0.4, 0.5) is 5.69 Å². The van der Waals surface area contributed by atoms with Crippen LogP contribution in [0, 0.1) is 19.8 Å². The summed E-state index contributed by atoms with van der Waals surface area (Å²) in [6, 6.07) is 3.91. The standard InChI is InChI=1S/C16H19NO3/c1-10-7-11(2)14-13(8-10)17(16(19)15(14)18)9-12-3-5-20-6-4-12/h7-8,12H,3-6,9H2,1-2H3. The van der Waals surface area contributed by atoms with Gasteiger partial charge in [-0.15, -0.1) is 0 Å². The summed E-state index contributed by atoms with van der Waals surface area (Å²) in [6.45, 7) is 6.02. The van der Waals surface area contributed by atoms with E-state index in [1.807, 2.05) is 26.0 Å². The molecule has 2 aliphatic rings. The van der Waals surface area contributed by atoms with Gasteiger partial charge in [-0.1, -0.05) is 6.07 Å². The highest BCUT2D eigenvalue weighted by Crippen LogP contribution is 2.34. The Kier molecular flexibility index (Phi) is 3.34. The van der Waals surface area contributed by atoms with Gasteiger partial charge in [-0.3, -0.25) is 9.59 Å². The van der Waals surface area contributed by atoms with Crippen molar-refractivity contribution in [1.29, 1.82) is 0 Å².